The zero-order chi connectivity index (χ0) is 19.6. The number of imidazole rings is 1. The molecule has 0 spiro atoms. The molecule has 1 saturated heterocycles. The molecule has 2 atom stereocenters. The number of aromatic nitrogens is 2. The number of hydrogen-bond acceptors (Lipinski definition) is 5. The molecule has 6 nitrogen and oxygen atoms in total. The number of phenolic OH excluding ortho intramolecular Hbond substituents is 1. The Kier molecular flexibility index (Phi) is 4.97. The number of phenols is 1. The molecule has 8 heteroatoms. The summed E-state index contributed by atoms with van der Waals surface area (Å²) < 4.78 is 47.2. The molecule has 0 amide bonds. The number of halogens is 2. The van der Waals surface area contributed by atoms with Crippen LogP contribution in [0.5, 0.6) is 11.5 Å². The van der Waals surface area contributed by atoms with Crippen LogP contribution in [0.1, 0.15) is 5.56 Å². The van der Waals surface area contributed by atoms with Gasteiger partial charge in [-0.05, 0) is 36.4 Å². The maximum Gasteiger partial charge on any atom is 0.216 e. The van der Waals surface area contributed by atoms with Gasteiger partial charge in [0, 0.05) is 24.0 Å². The fourth-order valence-electron chi connectivity index (χ4n) is 3.11. The van der Waals surface area contributed by atoms with Gasteiger partial charge in [0.1, 0.15) is 35.8 Å². The largest absolute Gasteiger partial charge is 0.508 e. The quantitative estimate of drug-likeness (QED) is 0.703. The van der Waals surface area contributed by atoms with Gasteiger partial charge in [0.2, 0.25) is 5.79 Å². The third-order valence-corrected chi connectivity index (χ3v) is 4.42. The number of benzene rings is 2. The molecule has 0 radical (unpaired) electrons. The average molecular weight is 388 g/mol. The van der Waals surface area contributed by atoms with Gasteiger partial charge in [0.25, 0.3) is 0 Å². The molecule has 28 heavy (non-hydrogen) atoms. The number of nitrogens with zero attached hydrogens (tertiary/aromatic N) is 2. The second-order valence-corrected chi connectivity index (χ2v) is 6.47. The van der Waals surface area contributed by atoms with Crippen molar-refractivity contribution in [3.63, 3.8) is 0 Å². The van der Waals surface area contributed by atoms with E-state index in [1.54, 1.807) is 35.4 Å². The molecule has 0 bridgehead atoms. The molecule has 3 aromatic rings. The van der Waals surface area contributed by atoms with Crippen LogP contribution < -0.4 is 4.74 Å². The van der Waals surface area contributed by atoms with Crippen molar-refractivity contribution in [3.05, 3.63) is 78.4 Å². The molecule has 1 aliphatic rings. The van der Waals surface area contributed by atoms with Crippen LogP contribution in [0.25, 0.3) is 0 Å². The van der Waals surface area contributed by atoms with E-state index < -0.39 is 23.5 Å². The van der Waals surface area contributed by atoms with Crippen LogP contribution in [0.3, 0.4) is 0 Å². The molecule has 2 unspecified atom stereocenters. The van der Waals surface area contributed by atoms with Crippen molar-refractivity contribution in [1.29, 1.82) is 0 Å². The first-order chi connectivity index (χ1) is 13.5. The summed E-state index contributed by atoms with van der Waals surface area (Å²) in [7, 11) is 0. The molecule has 2 aromatic carbocycles. The Balaban J connectivity index is 1.54. The monoisotopic (exact) mass is 388 g/mol. The van der Waals surface area contributed by atoms with Crippen LogP contribution in [0, 0.1) is 11.6 Å². The van der Waals surface area contributed by atoms with E-state index in [0.717, 1.165) is 6.07 Å². The van der Waals surface area contributed by atoms with Crippen molar-refractivity contribution < 1.29 is 28.1 Å². The molecular formula is C20H18F2N2O4. The van der Waals surface area contributed by atoms with E-state index in [2.05, 4.69) is 4.98 Å². The first kappa shape index (κ1) is 18.4. The fourth-order valence-corrected chi connectivity index (χ4v) is 3.11. The molecule has 4 rings (SSSR count). The van der Waals surface area contributed by atoms with Gasteiger partial charge in [-0.3, -0.25) is 0 Å². The van der Waals surface area contributed by atoms with Crippen LogP contribution >= 0.6 is 0 Å². The molecule has 146 valence electrons. The van der Waals surface area contributed by atoms with E-state index in [9.17, 15) is 13.9 Å². The molecule has 1 N–H and O–H groups in total. The summed E-state index contributed by atoms with van der Waals surface area (Å²) in [4.78, 5) is 3.98. The maximum atomic E-state index is 14.5. The lowest BCUT2D eigenvalue weighted by molar-refractivity contribution is -0.191. The molecule has 0 saturated carbocycles. The van der Waals surface area contributed by atoms with E-state index in [4.69, 9.17) is 14.2 Å². The van der Waals surface area contributed by atoms with Crippen molar-refractivity contribution in [2.24, 2.45) is 0 Å². The summed E-state index contributed by atoms with van der Waals surface area (Å²) in [5, 5.41) is 9.33. The molecule has 1 aliphatic heterocycles. The van der Waals surface area contributed by atoms with E-state index in [1.807, 2.05) is 0 Å². The van der Waals surface area contributed by atoms with Gasteiger partial charge in [-0.25, -0.2) is 13.8 Å². The number of hydrogen-bond donors (Lipinski definition) is 1. The topological polar surface area (TPSA) is 65.7 Å². The van der Waals surface area contributed by atoms with Crippen LogP contribution in [0.15, 0.2) is 61.2 Å². The summed E-state index contributed by atoms with van der Waals surface area (Å²) >= 11 is 0. The Morgan fingerprint density at radius 2 is 2.04 bits per heavy atom. The van der Waals surface area contributed by atoms with E-state index in [0.29, 0.717) is 5.75 Å². The van der Waals surface area contributed by atoms with Crippen LogP contribution in [0.4, 0.5) is 8.78 Å². The SMILES string of the molecule is Oc1ccc(OCC2COC(Cn3ccnc3)(c3ccc(F)cc3F)O2)cc1. The number of rotatable bonds is 6. The summed E-state index contributed by atoms with van der Waals surface area (Å²) in [6.07, 6.45) is 4.39. The highest BCUT2D eigenvalue weighted by Gasteiger charge is 2.45. The molecule has 2 heterocycles. The second-order valence-electron chi connectivity index (χ2n) is 6.47. The highest BCUT2D eigenvalue weighted by atomic mass is 19.1. The van der Waals surface area contributed by atoms with E-state index in [1.165, 1.54) is 24.3 Å². The van der Waals surface area contributed by atoms with Gasteiger partial charge in [-0.15, -0.1) is 0 Å². The van der Waals surface area contributed by atoms with Gasteiger partial charge in [-0.2, -0.15) is 0 Å². The normalized spacial score (nSPS) is 21.7. The summed E-state index contributed by atoms with van der Waals surface area (Å²) in [6.45, 7) is 0.480. The summed E-state index contributed by atoms with van der Waals surface area (Å²) in [5.74, 6) is -2.16. The van der Waals surface area contributed by atoms with Crippen LogP contribution in [-0.4, -0.2) is 34.0 Å². The number of aromatic hydroxyl groups is 1. The maximum absolute atomic E-state index is 14.5. The molecule has 1 aromatic heterocycles. The van der Waals surface area contributed by atoms with Gasteiger partial charge in [0.15, 0.2) is 0 Å². The van der Waals surface area contributed by atoms with E-state index >= 15 is 0 Å². The minimum Gasteiger partial charge on any atom is -0.508 e. The minimum atomic E-state index is -1.43. The third-order valence-electron chi connectivity index (χ3n) is 4.42. The van der Waals surface area contributed by atoms with Crippen molar-refractivity contribution in [1.82, 2.24) is 9.55 Å². The lowest BCUT2D eigenvalue weighted by atomic mass is 10.0. The van der Waals surface area contributed by atoms with Gasteiger partial charge in [0.05, 0.1) is 19.5 Å². The van der Waals surface area contributed by atoms with Gasteiger partial charge >= 0.3 is 0 Å². The highest BCUT2D eigenvalue weighted by Crippen LogP contribution is 2.38. The lowest BCUT2D eigenvalue weighted by Crippen LogP contribution is -2.35. The van der Waals surface area contributed by atoms with Crippen LogP contribution in [0.2, 0.25) is 0 Å². The Morgan fingerprint density at radius 3 is 2.75 bits per heavy atom. The van der Waals surface area contributed by atoms with Gasteiger partial charge in [-0.1, -0.05) is 0 Å². The van der Waals surface area contributed by atoms with Crippen molar-refractivity contribution in [2.45, 2.75) is 18.4 Å². The zero-order valence-electron chi connectivity index (χ0n) is 14.8. The zero-order valence-corrected chi connectivity index (χ0v) is 14.8. The predicted octanol–water partition coefficient (Wildman–Crippen LogP) is 3.21. The standard InChI is InChI=1S/C20H18F2N2O4/c21-14-1-6-18(19(22)9-14)20(12-24-8-7-23-13-24)27-11-17(28-20)10-26-16-4-2-15(25)3-5-16/h1-9,13,17,25H,10-12H2. The Labute approximate surface area is 159 Å². The van der Waals surface area contributed by atoms with E-state index in [-0.39, 0.29) is 31.1 Å². The van der Waals surface area contributed by atoms with Crippen molar-refractivity contribution >= 4 is 0 Å². The molecular weight excluding hydrogens is 370 g/mol. The van der Waals surface area contributed by atoms with Crippen LogP contribution in [-0.2, 0) is 21.8 Å². The highest BCUT2D eigenvalue weighted by molar-refractivity contribution is 5.30. The minimum absolute atomic E-state index is 0.106. The average Bonchev–Trinajstić information content (AvgIpc) is 3.32. The lowest BCUT2D eigenvalue weighted by Gasteiger charge is -2.29. The summed E-state index contributed by atoms with van der Waals surface area (Å²) in [5.41, 5.74) is 0.106. The number of ether oxygens (including phenoxy) is 3. The Hall–Kier alpha value is -2.97. The predicted molar refractivity (Wildman–Crippen MR) is 94.7 cm³/mol. The van der Waals surface area contributed by atoms with Gasteiger partial charge < -0.3 is 23.9 Å². The Bertz CT molecular complexity index is 934. The first-order valence-corrected chi connectivity index (χ1v) is 8.69. The molecule has 0 aliphatic carbocycles. The van der Waals surface area contributed by atoms with Crippen molar-refractivity contribution in [3.8, 4) is 11.5 Å². The third kappa shape index (κ3) is 3.83. The summed E-state index contributed by atoms with van der Waals surface area (Å²) in [6, 6.07) is 9.58. The van der Waals surface area contributed by atoms with Crippen molar-refractivity contribution in [2.75, 3.05) is 13.2 Å². The second kappa shape index (κ2) is 7.57. The Morgan fingerprint density at radius 1 is 1.21 bits per heavy atom. The smallest absolute Gasteiger partial charge is 0.216 e. The molecule has 1 fully saturated rings. The first-order valence-electron chi connectivity index (χ1n) is 8.69. The fraction of sp³-hybridized carbons (Fsp3) is 0.250.